The van der Waals surface area contributed by atoms with Gasteiger partial charge in [-0.1, -0.05) is 0 Å². The van der Waals surface area contributed by atoms with Gasteiger partial charge in [0.15, 0.2) is 0 Å². The monoisotopic (exact) mass is 350 g/mol. The second-order valence-electron chi connectivity index (χ2n) is 2.79. The fourth-order valence-electron chi connectivity index (χ4n) is 1.18. The molecule has 78 valence electrons. The Morgan fingerprint density at radius 2 is 2.27 bits per heavy atom. The summed E-state index contributed by atoms with van der Waals surface area (Å²) in [6.45, 7) is 0. The number of methoxy groups -OCH3 is 1. The van der Waals surface area contributed by atoms with Gasteiger partial charge >= 0.3 is 0 Å². The predicted molar refractivity (Wildman–Crippen MR) is 71.3 cm³/mol. The molecule has 0 aliphatic carbocycles. The topological polar surface area (TPSA) is 26.3 Å². The molecule has 2 nitrogen and oxygen atoms in total. The van der Waals surface area contributed by atoms with Gasteiger partial charge in [-0.25, -0.2) is 0 Å². The molecule has 15 heavy (non-hydrogen) atoms. The lowest BCUT2D eigenvalue weighted by Gasteiger charge is -1.99. The molecule has 0 fully saturated rings. The van der Waals surface area contributed by atoms with Crippen LogP contribution in [0.15, 0.2) is 22.9 Å². The molecule has 0 aliphatic heterocycles. The molecule has 2 aromatic rings. The first-order valence-corrected chi connectivity index (χ1v) is 6.96. The molecule has 0 aromatic carbocycles. The normalized spacial score (nSPS) is 10.3. The van der Waals surface area contributed by atoms with Gasteiger partial charge in [0, 0.05) is 10.9 Å². The van der Waals surface area contributed by atoms with Crippen molar-refractivity contribution in [3.8, 4) is 5.75 Å². The third kappa shape index (κ3) is 2.24. The van der Waals surface area contributed by atoms with Crippen LogP contribution < -0.4 is 4.74 Å². The van der Waals surface area contributed by atoms with E-state index < -0.39 is 0 Å². The minimum absolute atomic E-state index is 0.0426. The van der Waals surface area contributed by atoms with Crippen LogP contribution in [0.3, 0.4) is 0 Å². The number of ether oxygens (including phenoxy) is 1. The van der Waals surface area contributed by atoms with Crippen LogP contribution in [0.25, 0.3) is 0 Å². The lowest BCUT2D eigenvalue weighted by molar-refractivity contribution is 0.104. The second-order valence-corrected chi connectivity index (χ2v) is 6.51. The number of hydrogen-bond donors (Lipinski definition) is 0. The summed E-state index contributed by atoms with van der Waals surface area (Å²) in [6, 6.07) is 3.71. The van der Waals surface area contributed by atoms with E-state index >= 15 is 0 Å². The third-order valence-corrected chi connectivity index (χ3v) is 4.57. The molecule has 0 saturated carbocycles. The van der Waals surface area contributed by atoms with Crippen molar-refractivity contribution in [2.75, 3.05) is 7.11 Å². The SMILES string of the molecule is COc1ccsc1C(=O)c1csc(I)c1. The van der Waals surface area contributed by atoms with Gasteiger partial charge in [0.25, 0.3) is 0 Å². The minimum atomic E-state index is 0.0426. The zero-order valence-electron chi connectivity index (χ0n) is 7.82. The first-order valence-electron chi connectivity index (χ1n) is 4.12. The highest BCUT2D eigenvalue weighted by Gasteiger charge is 2.16. The number of carbonyl (C=O) groups excluding carboxylic acids is 1. The van der Waals surface area contributed by atoms with Crippen LogP contribution in [-0.4, -0.2) is 12.9 Å². The number of carbonyl (C=O) groups is 1. The molecule has 0 amide bonds. The van der Waals surface area contributed by atoms with Crippen LogP contribution in [-0.2, 0) is 0 Å². The molecule has 2 heterocycles. The Morgan fingerprint density at radius 1 is 1.47 bits per heavy atom. The summed E-state index contributed by atoms with van der Waals surface area (Å²) in [5.41, 5.74) is 0.741. The van der Waals surface area contributed by atoms with Crippen molar-refractivity contribution in [2.24, 2.45) is 0 Å². The van der Waals surface area contributed by atoms with E-state index in [1.807, 2.05) is 22.9 Å². The summed E-state index contributed by atoms with van der Waals surface area (Å²) in [6.07, 6.45) is 0. The Balaban J connectivity index is 2.36. The highest BCUT2D eigenvalue weighted by atomic mass is 127. The smallest absolute Gasteiger partial charge is 0.207 e. The molecule has 0 bridgehead atoms. The molecule has 0 aliphatic rings. The summed E-state index contributed by atoms with van der Waals surface area (Å²) < 4.78 is 6.24. The summed E-state index contributed by atoms with van der Waals surface area (Å²) in [7, 11) is 1.58. The van der Waals surface area contributed by atoms with Crippen molar-refractivity contribution >= 4 is 51.0 Å². The van der Waals surface area contributed by atoms with Crippen LogP contribution in [0.4, 0.5) is 0 Å². The molecule has 0 saturated heterocycles. The van der Waals surface area contributed by atoms with Crippen LogP contribution in [0, 0.1) is 2.88 Å². The quantitative estimate of drug-likeness (QED) is 0.624. The van der Waals surface area contributed by atoms with Gasteiger partial charge in [-0.2, -0.15) is 0 Å². The standard InChI is InChI=1S/C10H7IO2S2/c1-13-7-2-3-14-10(7)9(12)6-4-8(11)15-5-6/h2-5H,1H3. The highest BCUT2D eigenvalue weighted by Crippen LogP contribution is 2.28. The maximum Gasteiger partial charge on any atom is 0.207 e. The molecule has 0 unspecified atom stereocenters. The molecular formula is C10H7IO2S2. The summed E-state index contributed by atoms with van der Waals surface area (Å²) in [5.74, 6) is 0.701. The van der Waals surface area contributed by atoms with E-state index in [-0.39, 0.29) is 5.78 Å². The van der Waals surface area contributed by atoms with Gasteiger partial charge < -0.3 is 4.74 Å². The zero-order chi connectivity index (χ0) is 10.8. The number of rotatable bonds is 3. The molecule has 0 radical (unpaired) electrons. The number of hydrogen-bond acceptors (Lipinski definition) is 4. The van der Waals surface area contributed by atoms with Crippen LogP contribution >= 0.6 is 45.3 Å². The summed E-state index contributed by atoms with van der Waals surface area (Å²) in [5, 5.41) is 3.74. The third-order valence-electron chi connectivity index (χ3n) is 1.88. The average molecular weight is 350 g/mol. The van der Waals surface area contributed by atoms with E-state index in [4.69, 9.17) is 4.74 Å². The first kappa shape index (κ1) is 11.1. The largest absolute Gasteiger partial charge is 0.495 e. The lowest BCUT2D eigenvalue weighted by Crippen LogP contribution is -1.98. The Hall–Kier alpha value is -0.400. The van der Waals surface area contributed by atoms with E-state index in [0.29, 0.717) is 10.6 Å². The van der Waals surface area contributed by atoms with Crippen LogP contribution in [0.1, 0.15) is 15.2 Å². The molecule has 0 atom stereocenters. The van der Waals surface area contributed by atoms with Gasteiger partial charge in [0.2, 0.25) is 5.78 Å². The summed E-state index contributed by atoms with van der Waals surface area (Å²) >= 11 is 5.20. The van der Waals surface area contributed by atoms with E-state index in [1.54, 1.807) is 18.4 Å². The van der Waals surface area contributed by atoms with Crippen molar-refractivity contribution in [1.82, 2.24) is 0 Å². The Labute approximate surface area is 109 Å². The molecule has 5 heteroatoms. The van der Waals surface area contributed by atoms with E-state index in [0.717, 1.165) is 8.45 Å². The van der Waals surface area contributed by atoms with E-state index in [2.05, 4.69) is 22.6 Å². The maximum atomic E-state index is 12.0. The zero-order valence-corrected chi connectivity index (χ0v) is 11.6. The van der Waals surface area contributed by atoms with Gasteiger partial charge in [-0.05, 0) is 40.1 Å². The van der Waals surface area contributed by atoms with E-state index in [1.165, 1.54) is 11.3 Å². The number of thiophene rings is 2. The first-order chi connectivity index (χ1) is 7.22. The summed E-state index contributed by atoms with van der Waals surface area (Å²) in [4.78, 5) is 12.7. The minimum Gasteiger partial charge on any atom is -0.495 e. The van der Waals surface area contributed by atoms with Crippen LogP contribution in [0.2, 0.25) is 0 Å². The van der Waals surface area contributed by atoms with Crippen molar-refractivity contribution in [2.45, 2.75) is 0 Å². The predicted octanol–water partition coefficient (Wildman–Crippen LogP) is 3.65. The fraction of sp³-hybridized carbons (Fsp3) is 0.100. The lowest BCUT2D eigenvalue weighted by atomic mass is 10.2. The Bertz CT molecular complexity index is 487. The Kier molecular flexibility index (Phi) is 3.42. The number of halogens is 1. The molecule has 2 aromatic heterocycles. The maximum absolute atomic E-state index is 12.0. The van der Waals surface area contributed by atoms with Crippen molar-refractivity contribution in [3.63, 3.8) is 0 Å². The highest BCUT2D eigenvalue weighted by molar-refractivity contribution is 14.1. The van der Waals surface area contributed by atoms with Gasteiger partial charge in [-0.15, -0.1) is 22.7 Å². The molecular weight excluding hydrogens is 343 g/mol. The second kappa shape index (κ2) is 4.63. The molecule has 0 spiro atoms. The fourth-order valence-corrected chi connectivity index (χ4v) is 3.33. The van der Waals surface area contributed by atoms with Gasteiger partial charge in [0.05, 0.1) is 9.99 Å². The van der Waals surface area contributed by atoms with E-state index in [9.17, 15) is 4.79 Å². The molecule has 2 rings (SSSR count). The van der Waals surface area contributed by atoms with Gasteiger partial charge in [-0.3, -0.25) is 4.79 Å². The number of ketones is 1. The average Bonchev–Trinajstić information content (AvgIpc) is 2.84. The van der Waals surface area contributed by atoms with Crippen molar-refractivity contribution in [1.29, 1.82) is 0 Å². The Morgan fingerprint density at radius 3 is 2.87 bits per heavy atom. The molecule has 0 N–H and O–H groups in total. The van der Waals surface area contributed by atoms with Crippen molar-refractivity contribution < 1.29 is 9.53 Å². The van der Waals surface area contributed by atoms with Crippen LogP contribution in [0.5, 0.6) is 5.75 Å². The van der Waals surface area contributed by atoms with Gasteiger partial charge in [0.1, 0.15) is 10.6 Å². The van der Waals surface area contributed by atoms with Crippen molar-refractivity contribution in [3.05, 3.63) is 36.2 Å².